The minimum atomic E-state index is -2.58. The Morgan fingerprint density at radius 3 is 2.48 bits per heavy atom. The van der Waals surface area contributed by atoms with Crippen molar-refractivity contribution in [3.8, 4) is 5.75 Å². The Hall–Kier alpha value is -2.46. The molecule has 2 unspecified atom stereocenters. The molecule has 0 spiro atoms. The fourth-order valence-electron chi connectivity index (χ4n) is 3.80. The number of carbonyl (C=O) groups excluding carboxylic acids is 1. The van der Waals surface area contributed by atoms with Crippen LogP contribution < -0.4 is 9.42 Å². The van der Waals surface area contributed by atoms with Crippen LogP contribution >= 0.6 is 19.8 Å². The molecule has 1 aliphatic carbocycles. The number of esters is 1. The SMILES string of the molecule is O=C(OC1CCCCC1)C(/N=[P+](\[O-])Oc1c(Cl)ccc2ccccc12)c1ccccc1. The van der Waals surface area contributed by atoms with Crippen LogP contribution in [0.2, 0.25) is 5.02 Å². The van der Waals surface area contributed by atoms with Crippen molar-refractivity contribution < 1.29 is 18.9 Å². The van der Waals surface area contributed by atoms with E-state index in [1.54, 1.807) is 30.3 Å². The molecule has 3 aromatic rings. The minimum Gasteiger partial charge on any atom is -0.575 e. The van der Waals surface area contributed by atoms with Crippen LogP contribution in [0.15, 0.2) is 71.5 Å². The van der Waals surface area contributed by atoms with E-state index in [-0.39, 0.29) is 11.9 Å². The molecule has 3 aromatic carbocycles. The number of nitrogens with zero attached hydrogens (tertiary/aromatic N) is 1. The van der Waals surface area contributed by atoms with Crippen LogP contribution in [0.1, 0.15) is 43.7 Å². The molecule has 1 fully saturated rings. The summed E-state index contributed by atoms with van der Waals surface area (Å²) in [6.45, 7) is 0. The third-order valence-electron chi connectivity index (χ3n) is 5.38. The number of fused-ring (bicyclic) bond motifs is 1. The molecule has 0 aromatic heterocycles. The van der Waals surface area contributed by atoms with E-state index < -0.39 is 20.2 Å². The average Bonchev–Trinajstić information content (AvgIpc) is 2.80. The highest BCUT2D eigenvalue weighted by Crippen LogP contribution is 2.39. The predicted molar refractivity (Wildman–Crippen MR) is 121 cm³/mol. The van der Waals surface area contributed by atoms with Gasteiger partial charge in [-0.05, 0) is 42.7 Å². The first-order valence-corrected chi connectivity index (χ1v) is 11.9. The Balaban J connectivity index is 1.61. The maximum absolute atomic E-state index is 13.0. The highest BCUT2D eigenvalue weighted by Gasteiger charge is 2.29. The van der Waals surface area contributed by atoms with Gasteiger partial charge in [0.05, 0.1) is 5.02 Å². The molecule has 0 heterocycles. The third-order valence-corrected chi connectivity index (χ3v) is 6.44. The lowest BCUT2D eigenvalue weighted by molar-refractivity contribution is -0.170. The zero-order valence-corrected chi connectivity index (χ0v) is 18.6. The number of carbonyl (C=O) groups is 1. The zero-order valence-electron chi connectivity index (χ0n) is 16.9. The molecule has 0 N–H and O–H groups in total. The van der Waals surface area contributed by atoms with Crippen molar-refractivity contribution in [3.63, 3.8) is 0 Å². The van der Waals surface area contributed by atoms with Crippen LogP contribution in [0, 0.1) is 0 Å². The Labute approximate surface area is 187 Å². The highest BCUT2D eigenvalue weighted by atomic mass is 35.5. The number of hydrogen-bond acceptors (Lipinski definition) is 5. The predicted octanol–water partition coefficient (Wildman–Crippen LogP) is 6.35. The summed E-state index contributed by atoms with van der Waals surface area (Å²) in [5, 5.41) is 1.97. The number of benzene rings is 3. The van der Waals surface area contributed by atoms with Gasteiger partial charge in [0.25, 0.3) is 0 Å². The summed E-state index contributed by atoms with van der Waals surface area (Å²) in [6, 6.07) is 19.0. The maximum Gasteiger partial charge on any atom is 0.395 e. The summed E-state index contributed by atoms with van der Waals surface area (Å²) < 4.78 is 15.6. The summed E-state index contributed by atoms with van der Waals surface area (Å²) in [6.07, 6.45) is 4.83. The molecule has 0 amide bonds. The normalized spacial score (nSPS) is 16.1. The van der Waals surface area contributed by atoms with Crippen molar-refractivity contribution in [1.29, 1.82) is 0 Å². The molecular formula is C24H23ClNO4P. The van der Waals surface area contributed by atoms with E-state index in [4.69, 9.17) is 20.9 Å². The highest BCUT2D eigenvalue weighted by molar-refractivity contribution is 7.34. The topological polar surface area (TPSA) is 71.0 Å². The van der Waals surface area contributed by atoms with Gasteiger partial charge in [0.15, 0.2) is 0 Å². The largest absolute Gasteiger partial charge is 0.575 e. The molecule has 0 saturated heterocycles. The second kappa shape index (κ2) is 10.2. The smallest absolute Gasteiger partial charge is 0.395 e. The van der Waals surface area contributed by atoms with Gasteiger partial charge in [0.1, 0.15) is 6.10 Å². The second-order valence-electron chi connectivity index (χ2n) is 7.55. The maximum atomic E-state index is 13.0. The Morgan fingerprint density at radius 2 is 1.71 bits per heavy atom. The van der Waals surface area contributed by atoms with Crippen LogP contribution in [0.3, 0.4) is 0 Å². The first-order chi connectivity index (χ1) is 15.1. The fraction of sp³-hybridized carbons (Fsp3) is 0.292. The minimum absolute atomic E-state index is 0.117. The molecule has 31 heavy (non-hydrogen) atoms. The Morgan fingerprint density at radius 1 is 1.00 bits per heavy atom. The summed E-state index contributed by atoms with van der Waals surface area (Å²) in [4.78, 5) is 25.8. The monoisotopic (exact) mass is 455 g/mol. The first kappa shape index (κ1) is 21.8. The van der Waals surface area contributed by atoms with Gasteiger partial charge in [0, 0.05) is 5.39 Å². The van der Waals surface area contributed by atoms with Gasteiger partial charge in [0.2, 0.25) is 11.8 Å². The van der Waals surface area contributed by atoms with Gasteiger partial charge >= 0.3 is 14.1 Å². The second-order valence-corrected chi connectivity index (χ2v) is 8.85. The van der Waals surface area contributed by atoms with E-state index in [1.807, 2.05) is 36.4 Å². The van der Waals surface area contributed by atoms with Gasteiger partial charge in [-0.3, -0.25) is 4.52 Å². The van der Waals surface area contributed by atoms with Gasteiger partial charge in [-0.25, -0.2) is 4.79 Å². The quantitative estimate of drug-likeness (QED) is 0.321. The van der Waals surface area contributed by atoms with E-state index in [0.29, 0.717) is 10.6 Å². The van der Waals surface area contributed by atoms with Crippen molar-refractivity contribution in [2.75, 3.05) is 0 Å². The van der Waals surface area contributed by atoms with E-state index in [1.165, 1.54) is 0 Å². The molecule has 5 nitrogen and oxygen atoms in total. The standard InChI is InChI=1S/C24H23ClNO4P/c25-21-16-15-17-9-7-8-14-20(17)23(21)30-31(28)26-22(18-10-3-1-4-11-18)24(27)29-19-12-5-2-6-13-19/h1,3-4,7-11,14-16,19,22H,2,5-6,12-13H2. The van der Waals surface area contributed by atoms with Crippen LogP contribution in [-0.2, 0) is 9.53 Å². The molecular weight excluding hydrogens is 433 g/mol. The lowest BCUT2D eigenvalue weighted by atomic mass is 9.97. The molecule has 0 bridgehead atoms. The Bertz CT molecular complexity index is 1080. The first-order valence-electron chi connectivity index (χ1n) is 10.4. The van der Waals surface area contributed by atoms with Crippen molar-refractivity contribution in [1.82, 2.24) is 0 Å². The van der Waals surface area contributed by atoms with E-state index >= 15 is 0 Å². The van der Waals surface area contributed by atoms with Gasteiger partial charge in [-0.15, -0.1) is 0 Å². The summed E-state index contributed by atoms with van der Waals surface area (Å²) in [5.41, 5.74) is 0.610. The zero-order chi connectivity index (χ0) is 21.6. The van der Waals surface area contributed by atoms with Crippen molar-refractivity contribution in [2.45, 2.75) is 44.2 Å². The fourth-order valence-corrected chi connectivity index (χ4v) is 4.88. The number of hydrogen-bond donors (Lipinski definition) is 0. The van der Waals surface area contributed by atoms with E-state index in [9.17, 15) is 9.69 Å². The van der Waals surface area contributed by atoms with Crippen LogP contribution in [-0.4, -0.2) is 12.1 Å². The molecule has 160 valence electrons. The van der Waals surface area contributed by atoms with E-state index in [0.717, 1.165) is 42.9 Å². The number of rotatable bonds is 6. The molecule has 7 heteroatoms. The molecule has 1 saturated carbocycles. The summed E-state index contributed by atoms with van der Waals surface area (Å²) in [5.74, 6) is -0.217. The van der Waals surface area contributed by atoms with E-state index in [2.05, 4.69) is 4.74 Å². The van der Waals surface area contributed by atoms with Gasteiger partial charge in [-0.2, -0.15) is 0 Å². The molecule has 4 rings (SSSR count). The lowest BCUT2D eigenvalue weighted by Gasteiger charge is -2.23. The molecule has 1 aliphatic rings. The summed E-state index contributed by atoms with van der Waals surface area (Å²) >= 11 is 6.31. The van der Waals surface area contributed by atoms with Crippen molar-refractivity contribution >= 4 is 36.5 Å². The Kier molecular flexibility index (Phi) is 7.18. The van der Waals surface area contributed by atoms with Crippen LogP contribution in [0.25, 0.3) is 10.8 Å². The molecule has 2 atom stereocenters. The third kappa shape index (κ3) is 5.43. The summed E-state index contributed by atoms with van der Waals surface area (Å²) in [7, 11) is -2.58. The lowest BCUT2D eigenvalue weighted by Crippen LogP contribution is -2.24. The van der Waals surface area contributed by atoms with Crippen molar-refractivity contribution in [3.05, 3.63) is 77.3 Å². The molecule has 0 radical (unpaired) electrons. The van der Waals surface area contributed by atoms with Crippen LogP contribution in [0.5, 0.6) is 5.75 Å². The molecule has 0 aliphatic heterocycles. The van der Waals surface area contributed by atoms with Gasteiger partial charge < -0.3 is 9.63 Å². The van der Waals surface area contributed by atoms with Crippen LogP contribution in [0.4, 0.5) is 0 Å². The number of halogens is 1. The van der Waals surface area contributed by atoms with Gasteiger partial charge in [-0.1, -0.05) is 83.4 Å². The average molecular weight is 456 g/mol. The number of ether oxygens (including phenoxy) is 1. The van der Waals surface area contributed by atoms with Crippen molar-refractivity contribution in [2.24, 2.45) is 4.74 Å².